The van der Waals surface area contributed by atoms with Crippen molar-refractivity contribution in [1.82, 2.24) is 4.90 Å². The lowest BCUT2D eigenvalue weighted by Crippen LogP contribution is -2.35. The van der Waals surface area contributed by atoms with E-state index in [1.54, 1.807) is 6.07 Å². The Bertz CT molecular complexity index is 459. The van der Waals surface area contributed by atoms with Gasteiger partial charge in [-0.25, -0.2) is 0 Å². The van der Waals surface area contributed by atoms with Gasteiger partial charge in [0.25, 0.3) is 5.69 Å². The number of hydrogen-bond donors (Lipinski definition) is 1. The number of nitro benzene ring substituents is 1. The van der Waals surface area contributed by atoms with Gasteiger partial charge in [0.15, 0.2) is 0 Å². The summed E-state index contributed by atoms with van der Waals surface area (Å²) in [6.07, 6.45) is 2.23. The maximum Gasteiger partial charge on any atom is 0.283 e. The summed E-state index contributed by atoms with van der Waals surface area (Å²) >= 11 is 3.35. The van der Waals surface area contributed by atoms with E-state index in [4.69, 9.17) is 5.73 Å². The SMILES string of the molecule is NCC1CCN(Cc2cccc([N+](=O)[O-])c2Br)CC1. The van der Waals surface area contributed by atoms with Crippen molar-refractivity contribution in [3.8, 4) is 0 Å². The second-order valence-electron chi connectivity index (χ2n) is 4.96. The van der Waals surface area contributed by atoms with E-state index in [9.17, 15) is 10.1 Å². The first kappa shape index (κ1) is 14.4. The van der Waals surface area contributed by atoms with Crippen LogP contribution >= 0.6 is 15.9 Å². The van der Waals surface area contributed by atoms with Crippen LogP contribution in [0, 0.1) is 16.0 Å². The molecule has 0 spiro atoms. The largest absolute Gasteiger partial charge is 0.330 e. The van der Waals surface area contributed by atoms with Gasteiger partial charge in [-0.15, -0.1) is 0 Å². The van der Waals surface area contributed by atoms with Crippen molar-refractivity contribution in [3.63, 3.8) is 0 Å². The average Bonchev–Trinajstić information content (AvgIpc) is 2.41. The highest BCUT2D eigenvalue weighted by Gasteiger charge is 2.20. The zero-order chi connectivity index (χ0) is 13.8. The Morgan fingerprint density at radius 3 is 2.68 bits per heavy atom. The molecule has 2 N–H and O–H groups in total. The molecule has 1 saturated heterocycles. The molecule has 0 saturated carbocycles. The Kier molecular flexibility index (Phi) is 4.90. The lowest BCUT2D eigenvalue weighted by molar-refractivity contribution is -0.385. The summed E-state index contributed by atoms with van der Waals surface area (Å²) in [5.74, 6) is 0.629. The van der Waals surface area contributed by atoms with E-state index >= 15 is 0 Å². The summed E-state index contributed by atoms with van der Waals surface area (Å²) in [4.78, 5) is 12.9. The van der Waals surface area contributed by atoms with E-state index in [0.29, 0.717) is 10.4 Å². The lowest BCUT2D eigenvalue weighted by Gasteiger charge is -2.31. The minimum absolute atomic E-state index is 0.134. The summed E-state index contributed by atoms with van der Waals surface area (Å²) in [7, 11) is 0. The molecule has 1 heterocycles. The van der Waals surface area contributed by atoms with Gasteiger partial charge in [-0.05, 0) is 59.9 Å². The molecule has 0 radical (unpaired) electrons. The third-order valence-corrected chi connectivity index (χ3v) is 4.60. The standard InChI is InChI=1S/C13H18BrN3O2/c14-13-11(2-1-3-12(13)17(18)19)9-16-6-4-10(8-15)5-7-16/h1-3,10H,4-9,15H2. The molecule has 6 heteroatoms. The minimum atomic E-state index is -0.353. The quantitative estimate of drug-likeness (QED) is 0.681. The van der Waals surface area contributed by atoms with Crippen LogP contribution < -0.4 is 5.73 Å². The molecule has 1 aromatic rings. The van der Waals surface area contributed by atoms with Crippen molar-refractivity contribution in [3.05, 3.63) is 38.3 Å². The predicted octanol–water partition coefficient (Wildman–Crippen LogP) is 2.53. The fraction of sp³-hybridized carbons (Fsp3) is 0.538. The maximum atomic E-state index is 10.9. The Morgan fingerprint density at radius 2 is 2.11 bits per heavy atom. The van der Waals surface area contributed by atoms with Gasteiger partial charge in [-0.2, -0.15) is 0 Å². The van der Waals surface area contributed by atoms with Crippen LogP contribution in [0.15, 0.2) is 22.7 Å². The van der Waals surface area contributed by atoms with Gasteiger partial charge in [0.05, 0.1) is 9.40 Å². The number of benzene rings is 1. The van der Waals surface area contributed by atoms with E-state index in [-0.39, 0.29) is 10.6 Å². The Labute approximate surface area is 121 Å². The Morgan fingerprint density at radius 1 is 1.42 bits per heavy atom. The first-order valence-electron chi connectivity index (χ1n) is 6.46. The second kappa shape index (κ2) is 6.45. The lowest BCUT2D eigenvalue weighted by atomic mass is 9.97. The first-order valence-corrected chi connectivity index (χ1v) is 7.25. The summed E-state index contributed by atoms with van der Waals surface area (Å²) < 4.78 is 0.598. The molecule has 0 bridgehead atoms. The number of piperidine rings is 1. The minimum Gasteiger partial charge on any atom is -0.330 e. The Hall–Kier alpha value is -0.980. The number of halogens is 1. The number of nitrogens with two attached hydrogens (primary N) is 1. The summed E-state index contributed by atoms with van der Waals surface area (Å²) in [6, 6.07) is 5.20. The van der Waals surface area contributed by atoms with Gasteiger partial charge < -0.3 is 5.73 Å². The van der Waals surface area contributed by atoms with E-state index < -0.39 is 0 Å². The van der Waals surface area contributed by atoms with Crippen molar-refractivity contribution >= 4 is 21.6 Å². The van der Waals surface area contributed by atoms with E-state index in [0.717, 1.165) is 44.6 Å². The van der Waals surface area contributed by atoms with Crippen molar-refractivity contribution < 1.29 is 4.92 Å². The molecule has 1 aromatic carbocycles. The van der Waals surface area contributed by atoms with Crippen molar-refractivity contribution in [2.45, 2.75) is 19.4 Å². The molecule has 0 amide bonds. The molecule has 0 aliphatic carbocycles. The van der Waals surface area contributed by atoms with Crippen LogP contribution in [-0.4, -0.2) is 29.5 Å². The number of rotatable bonds is 4. The van der Waals surface area contributed by atoms with Gasteiger partial charge in [-0.1, -0.05) is 12.1 Å². The third kappa shape index (κ3) is 3.52. The van der Waals surface area contributed by atoms with Crippen molar-refractivity contribution in [2.24, 2.45) is 11.7 Å². The first-order chi connectivity index (χ1) is 9.11. The monoisotopic (exact) mass is 327 g/mol. The zero-order valence-corrected chi connectivity index (χ0v) is 12.3. The van der Waals surface area contributed by atoms with Crippen LogP contribution in [0.25, 0.3) is 0 Å². The molecule has 1 aliphatic heterocycles. The van der Waals surface area contributed by atoms with Gasteiger partial charge in [0.2, 0.25) is 0 Å². The maximum absolute atomic E-state index is 10.9. The topological polar surface area (TPSA) is 72.4 Å². The summed E-state index contributed by atoms with van der Waals surface area (Å²) in [6.45, 7) is 3.53. The zero-order valence-electron chi connectivity index (χ0n) is 10.7. The summed E-state index contributed by atoms with van der Waals surface area (Å²) in [5, 5.41) is 10.9. The molecule has 0 aromatic heterocycles. The number of nitrogens with zero attached hydrogens (tertiary/aromatic N) is 2. The molecule has 1 fully saturated rings. The van der Waals surface area contributed by atoms with Gasteiger partial charge in [0, 0.05) is 12.6 Å². The van der Waals surface area contributed by atoms with Crippen molar-refractivity contribution in [2.75, 3.05) is 19.6 Å². The van der Waals surface area contributed by atoms with Crippen LogP contribution in [0.2, 0.25) is 0 Å². The van der Waals surface area contributed by atoms with Gasteiger partial charge >= 0.3 is 0 Å². The molecule has 0 atom stereocenters. The van der Waals surface area contributed by atoms with Crippen LogP contribution in [0.1, 0.15) is 18.4 Å². The molecular weight excluding hydrogens is 310 g/mol. The third-order valence-electron chi connectivity index (χ3n) is 3.69. The molecule has 104 valence electrons. The molecule has 2 rings (SSSR count). The Balaban J connectivity index is 2.04. The number of nitro groups is 1. The highest BCUT2D eigenvalue weighted by Crippen LogP contribution is 2.30. The van der Waals surface area contributed by atoms with Gasteiger partial charge in [-0.3, -0.25) is 15.0 Å². The summed E-state index contributed by atoms with van der Waals surface area (Å²) in [5.41, 5.74) is 6.78. The van der Waals surface area contributed by atoms with E-state index in [1.807, 2.05) is 6.07 Å². The van der Waals surface area contributed by atoms with Crippen LogP contribution in [0.4, 0.5) is 5.69 Å². The molecular formula is C13H18BrN3O2. The van der Waals surface area contributed by atoms with Crippen LogP contribution in [-0.2, 0) is 6.54 Å². The highest BCUT2D eigenvalue weighted by atomic mass is 79.9. The van der Waals surface area contributed by atoms with Crippen LogP contribution in [0.3, 0.4) is 0 Å². The predicted molar refractivity (Wildman–Crippen MR) is 77.9 cm³/mol. The van der Waals surface area contributed by atoms with Gasteiger partial charge in [0.1, 0.15) is 0 Å². The average molecular weight is 328 g/mol. The van der Waals surface area contributed by atoms with E-state index in [1.165, 1.54) is 6.07 Å². The second-order valence-corrected chi connectivity index (χ2v) is 5.76. The number of hydrogen-bond acceptors (Lipinski definition) is 4. The normalized spacial score (nSPS) is 17.6. The highest BCUT2D eigenvalue weighted by molar-refractivity contribution is 9.10. The number of likely N-dealkylation sites (tertiary alicyclic amines) is 1. The van der Waals surface area contributed by atoms with E-state index in [2.05, 4.69) is 20.8 Å². The molecule has 0 unspecified atom stereocenters. The van der Waals surface area contributed by atoms with Crippen molar-refractivity contribution in [1.29, 1.82) is 0 Å². The molecule has 5 nitrogen and oxygen atoms in total. The smallest absolute Gasteiger partial charge is 0.283 e. The fourth-order valence-corrected chi connectivity index (χ4v) is 2.99. The van der Waals surface area contributed by atoms with Crippen LogP contribution in [0.5, 0.6) is 0 Å². The molecule has 1 aliphatic rings. The fourth-order valence-electron chi connectivity index (χ4n) is 2.45. The molecule has 19 heavy (non-hydrogen) atoms.